The van der Waals surface area contributed by atoms with Crippen molar-refractivity contribution >= 4 is 27.6 Å². The molecule has 0 saturated carbocycles. The maximum Gasteiger partial charge on any atom is 0.322 e. The lowest BCUT2D eigenvalue weighted by Crippen LogP contribution is -2.40. The first-order valence-corrected chi connectivity index (χ1v) is 8.56. The number of rotatable bonds is 3. The van der Waals surface area contributed by atoms with Crippen LogP contribution in [0.1, 0.15) is 18.4 Å². The highest BCUT2D eigenvalue weighted by Crippen LogP contribution is 2.35. The van der Waals surface area contributed by atoms with E-state index < -0.39 is 22.0 Å². The first kappa shape index (κ1) is 15.8. The van der Waals surface area contributed by atoms with E-state index in [4.69, 9.17) is 4.74 Å². The molecule has 8 nitrogen and oxygen atoms in total. The van der Waals surface area contributed by atoms with Crippen molar-refractivity contribution in [2.24, 2.45) is 0 Å². The number of aliphatic carboxylic acids is 1. The van der Waals surface area contributed by atoms with Crippen molar-refractivity contribution < 1.29 is 27.9 Å². The average Bonchev–Trinajstić information content (AvgIpc) is 2.97. The maximum absolute atomic E-state index is 12.8. The zero-order valence-corrected chi connectivity index (χ0v) is 13.2. The average molecular weight is 340 g/mol. The number of aryl methyl sites for hydroxylation is 1. The van der Waals surface area contributed by atoms with E-state index in [9.17, 15) is 23.1 Å². The Balaban J connectivity index is 2.05. The van der Waals surface area contributed by atoms with Gasteiger partial charge in [0.25, 0.3) is 5.91 Å². The molecule has 1 aromatic rings. The predicted octanol–water partition coefficient (Wildman–Crippen LogP) is 0.564. The van der Waals surface area contributed by atoms with Crippen molar-refractivity contribution in [1.29, 1.82) is 0 Å². The standard InChI is InChI=1S/C14H16N2O6S/c1-8-5-11-9(15-13(17)7-22-11)6-12(8)23(20,21)16-4-2-3-10(16)14(18)19/h5-6,10H,2-4,7H2,1H3,(H,15,17)(H,18,19)/t10-/m0/s1. The zero-order valence-electron chi connectivity index (χ0n) is 12.4. The number of hydrogen-bond acceptors (Lipinski definition) is 5. The minimum atomic E-state index is -3.97. The smallest absolute Gasteiger partial charge is 0.322 e. The van der Waals surface area contributed by atoms with Gasteiger partial charge in [0.15, 0.2) is 6.61 Å². The Kier molecular flexibility index (Phi) is 3.77. The largest absolute Gasteiger partial charge is 0.482 e. The van der Waals surface area contributed by atoms with Crippen LogP contribution in [0.2, 0.25) is 0 Å². The van der Waals surface area contributed by atoms with Crippen LogP contribution >= 0.6 is 0 Å². The van der Waals surface area contributed by atoms with E-state index >= 15 is 0 Å². The van der Waals surface area contributed by atoms with Crippen LogP contribution in [0, 0.1) is 6.92 Å². The Morgan fingerprint density at radius 1 is 1.43 bits per heavy atom. The number of amides is 1. The Labute approximate surface area is 133 Å². The highest BCUT2D eigenvalue weighted by Gasteiger charge is 2.40. The summed E-state index contributed by atoms with van der Waals surface area (Å²) in [6, 6.07) is 1.81. The van der Waals surface area contributed by atoms with Gasteiger partial charge in [0.2, 0.25) is 10.0 Å². The Morgan fingerprint density at radius 3 is 2.87 bits per heavy atom. The van der Waals surface area contributed by atoms with Crippen LogP contribution in [0.5, 0.6) is 5.75 Å². The third-order valence-electron chi connectivity index (χ3n) is 3.99. The van der Waals surface area contributed by atoms with Crippen molar-refractivity contribution in [1.82, 2.24) is 4.31 Å². The van der Waals surface area contributed by atoms with Gasteiger partial charge >= 0.3 is 5.97 Å². The molecule has 9 heteroatoms. The molecule has 0 aliphatic carbocycles. The number of nitrogens with one attached hydrogen (secondary N) is 1. The number of sulfonamides is 1. The maximum atomic E-state index is 12.8. The molecule has 2 aliphatic heterocycles. The van der Waals surface area contributed by atoms with Crippen molar-refractivity contribution in [3.63, 3.8) is 0 Å². The van der Waals surface area contributed by atoms with E-state index in [0.717, 1.165) is 4.31 Å². The number of ether oxygens (including phenoxy) is 1. The molecule has 2 aliphatic rings. The molecule has 23 heavy (non-hydrogen) atoms. The van der Waals surface area contributed by atoms with E-state index in [2.05, 4.69) is 5.32 Å². The molecule has 0 aromatic heterocycles. The van der Waals surface area contributed by atoms with E-state index in [1.807, 2.05) is 0 Å². The number of benzene rings is 1. The molecule has 0 unspecified atom stereocenters. The number of fused-ring (bicyclic) bond motifs is 1. The van der Waals surface area contributed by atoms with Gasteiger partial charge in [-0.15, -0.1) is 0 Å². The zero-order chi connectivity index (χ0) is 16.8. The minimum absolute atomic E-state index is 0.0183. The van der Waals surface area contributed by atoms with Crippen LogP contribution in [0.3, 0.4) is 0 Å². The van der Waals surface area contributed by atoms with Crippen LogP contribution in [0.25, 0.3) is 0 Å². The second-order valence-corrected chi connectivity index (χ2v) is 7.42. The van der Waals surface area contributed by atoms with Gasteiger partial charge in [-0.25, -0.2) is 8.42 Å². The lowest BCUT2D eigenvalue weighted by molar-refractivity contribution is -0.140. The molecule has 124 valence electrons. The van der Waals surface area contributed by atoms with E-state index in [-0.39, 0.29) is 29.6 Å². The molecule has 2 N–H and O–H groups in total. The van der Waals surface area contributed by atoms with E-state index in [1.54, 1.807) is 6.92 Å². The van der Waals surface area contributed by atoms with Gasteiger partial charge in [0.1, 0.15) is 11.8 Å². The van der Waals surface area contributed by atoms with Gasteiger partial charge < -0.3 is 15.2 Å². The Hall–Kier alpha value is -2.13. The third kappa shape index (κ3) is 2.66. The predicted molar refractivity (Wildman–Crippen MR) is 79.9 cm³/mol. The SMILES string of the molecule is Cc1cc2c(cc1S(=O)(=O)N1CCC[C@H]1C(=O)O)NC(=O)CO2. The van der Waals surface area contributed by atoms with Crippen molar-refractivity contribution in [3.8, 4) is 5.75 Å². The summed E-state index contributed by atoms with van der Waals surface area (Å²) in [6.07, 6.45) is 0.790. The van der Waals surface area contributed by atoms with Crippen LogP contribution in [-0.4, -0.2) is 48.9 Å². The Bertz CT molecular complexity index is 789. The number of carbonyl (C=O) groups excluding carboxylic acids is 1. The fourth-order valence-electron chi connectivity index (χ4n) is 2.89. The van der Waals surface area contributed by atoms with Crippen molar-refractivity contribution in [2.45, 2.75) is 30.7 Å². The fraction of sp³-hybridized carbons (Fsp3) is 0.429. The molecular formula is C14H16N2O6S. The number of hydrogen-bond donors (Lipinski definition) is 2. The molecule has 1 fully saturated rings. The first-order chi connectivity index (χ1) is 10.8. The molecule has 1 atom stereocenters. The highest BCUT2D eigenvalue weighted by molar-refractivity contribution is 7.89. The summed E-state index contributed by atoms with van der Waals surface area (Å²) in [5.74, 6) is -1.12. The lowest BCUT2D eigenvalue weighted by atomic mass is 10.2. The number of carboxylic acid groups (broad SMARTS) is 1. The van der Waals surface area contributed by atoms with Crippen molar-refractivity contribution in [3.05, 3.63) is 17.7 Å². The van der Waals surface area contributed by atoms with Gasteiger partial charge in [-0.2, -0.15) is 4.31 Å². The second kappa shape index (κ2) is 5.50. The summed E-state index contributed by atoms with van der Waals surface area (Å²) in [5, 5.41) is 11.8. The second-order valence-electron chi connectivity index (χ2n) is 5.56. The highest BCUT2D eigenvalue weighted by atomic mass is 32.2. The molecular weight excluding hydrogens is 324 g/mol. The normalized spacial score (nSPS) is 21.4. The molecule has 0 spiro atoms. The van der Waals surface area contributed by atoms with Crippen molar-refractivity contribution in [2.75, 3.05) is 18.5 Å². The minimum Gasteiger partial charge on any atom is -0.482 e. The molecule has 3 rings (SSSR count). The van der Waals surface area contributed by atoms with E-state index in [1.165, 1.54) is 12.1 Å². The summed E-state index contributed by atoms with van der Waals surface area (Å²) in [5.41, 5.74) is 0.715. The summed E-state index contributed by atoms with van der Waals surface area (Å²) in [7, 11) is -3.97. The summed E-state index contributed by atoms with van der Waals surface area (Å²) < 4.78 is 32.0. The Morgan fingerprint density at radius 2 is 2.17 bits per heavy atom. The van der Waals surface area contributed by atoms with Crippen LogP contribution in [-0.2, 0) is 19.6 Å². The number of carbonyl (C=O) groups is 2. The molecule has 1 saturated heterocycles. The first-order valence-electron chi connectivity index (χ1n) is 7.12. The quantitative estimate of drug-likeness (QED) is 0.831. The van der Waals surface area contributed by atoms with Gasteiger partial charge in [0, 0.05) is 6.54 Å². The molecule has 0 radical (unpaired) electrons. The summed E-state index contributed by atoms with van der Waals surface area (Å²) in [4.78, 5) is 22.6. The van der Waals surface area contributed by atoms with Crippen LogP contribution < -0.4 is 10.1 Å². The number of carboxylic acids is 1. The number of nitrogens with zero attached hydrogens (tertiary/aromatic N) is 1. The van der Waals surface area contributed by atoms with Gasteiger partial charge in [-0.3, -0.25) is 9.59 Å². The van der Waals surface area contributed by atoms with Gasteiger partial charge in [0.05, 0.1) is 10.6 Å². The van der Waals surface area contributed by atoms with Gasteiger partial charge in [-0.1, -0.05) is 0 Å². The summed E-state index contributed by atoms with van der Waals surface area (Å²) >= 11 is 0. The number of anilines is 1. The molecule has 1 amide bonds. The lowest BCUT2D eigenvalue weighted by Gasteiger charge is -2.24. The fourth-order valence-corrected chi connectivity index (χ4v) is 4.77. The molecule has 0 bridgehead atoms. The molecule has 1 aromatic carbocycles. The third-order valence-corrected chi connectivity index (χ3v) is 6.04. The summed E-state index contributed by atoms with van der Waals surface area (Å²) in [6.45, 7) is 1.66. The van der Waals surface area contributed by atoms with E-state index in [0.29, 0.717) is 24.2 Å². The van der Waals surface area contributed by atoms with Crippen LogP contribution in [0.15, 0.2) is 17.0 Å². The van der Waals surface area contributed by atoms with Crippen LogP contribution in [0.4, 0.5) is 5.69 Å². The van der Waals surface area contributed by atoms with Gasteiger partial charge in [-0.05, 0) is 37.5 Å². The monoisotopic (exact) mass is 340 g/mol. The molecule has 2 heterocycles. The topological polar surface area (TPSA) is 113 Å².